The molecule has 0 fully saturated rings. The maximum Gasteiger partial charge on any atom is 0.255 e. The smallest absolute Gasteiger partial charge is 0.255 e. The van der Waals surface area contributed by atoms with Crippen LogP contribution >= 0.6 is 15.9 Å². The molecule has 0 spiro atoms. The van der Waals surface area contributed by atoms with Gasteiger partial charge in [-0.15, -0.1) is 0 Å². The van der Waals surface area contributed by atoms with Gasteiger partial charge in [-0.1, -0.05) is 0 Å². The fraction of sp³-hybridized carbons (Fsp3) is 0.364. The van der Waals surface area contributed by atoms with Gasteiger partial charge >= 0.3 is 0 Å². The Bertz CT molecular complexity index is 424. The summed E-state index contributed by atoms with van der Waals surface area (Å²) in [6, 6.07) is 3.34. The standard InChI is InChI=1S/C11H12BrF2NO2/c1-6-8(17-2)4-3-7(12)10(6)11(16)15-5-9(13)14/h3-4,9H,5H2,1-2H3,(H,15,16). The van der Waals surface area contributed by atoms with Crippen LogP contribution in [0, 0.1) is 6.92 Å². The van der Waals surface area contributed by atoms with Gasteiger partial charge in [-0.25, -0.2) is 8.78 Å². The molecule has 0 radical (unpaired) electrons. The lowest BCUT2D eigenvalue weighted by Crippen LogP contribution is -2.29. The molecule has 1 aromatic rings. The minimum absolute atomic E-state index is 0.310. The van der Waals surface area contributed by atoms with E-state index in [0.717, 1.165) is 0 Å². The van der Waals surface area contributed by atoms with Crippen molar-refractivity contribution in [3.05, 3.63) is 27.7 Å². The number of nitrogens with one attached hydrogen (secondary N) is 1. The number of methoxy groups -OCH3 is 1. The fourth-order valence-corrected chi connectivity index (χ4v) is 2.03. The molecule has 0 aromatic heterocycles. The zero-order valence-electron chi connectivity index (χ0n) is 9.39. The SMILES string of the molecule is COc1ccc(Br)c(C(=O)NCC(F)F)c1C. The first kappa shape index (κ1) is 13.9. The van der Waals surface area contributed by atoms with E-state index in [2.05, 4.69) is 21.2 Å². The Kier molecular flexibility index (Phi) is 4.86. The second-order valence-corrected chi connectivity index (χ2v) is 4.21. The summed E-state index contributed by atoms with van der Waals surface area (Å²) < 4.78 is 29.6. The van der Waals surface area contributed by atoms with Gasteiger partial charge in [-0.2, -0.15) is 0 Å². The molecule has 0 bridgehead atoms. The van der Waals surface area contributed by atoms with Gasteiger partial charge < -0.3 is 10.1 Å². The Balaban J connectivity index is 3.00. The second-order valence-electron chi connectivity index (χ2n) is 3.35. The summed E-state index contributed by atoms with van der Waals surface area (Å²) in [4.78, 5) is 11.7. The van der Waals surface area contributed by atoms with Gasteiger partial charge in [0.05, 0.1) is 19.2 Å². The highest BCUT2D eigenvalue weighted by Gasteiger charge is 2.17. The van der Waals surface area contributed by atoms with E-state index in [-0.39, 0.29) is 0 Å². The molecule has 0 aliphatic rings. The number of carbonyl (C=O) groups is 1. The summed E-state index contributed by atoms with van der Waals surface area (Å²) in [5.74, 6) is -0.0102. The number of benzene rings is 1. The largest absolute Gasteiger partial charge is 0.496 e. The summed E-state index contributed by atoms with van der Waals surface area (Å²) in [7, 11) is 1.48. The van der Waals surface area contributed by atoms with Crippen molar-refractivity contribution < 1.29 is 18.3 Å². The molecule has 0 saturated heterocycles. The lowest BCUT2D eigenvalue weighted by atomic mass is 10.1. The summed E-state index contributed by atoms with van der Waals surface area (Å²) >= 11 is 3.21. The number of hydrogen-bond acceptors (Lipinski definition) is 2. The van der Waals surface area contributed by atoms with Crippen LogP contribution in [0.5, 0.6) is 5.75 Å². The highest BCUT2D eigenvalue weighted by Crippen LogP contribution is 2.28. The second kappa shape index (κ2) is 5.95. The summed E-state index contributed by atoms with van der Waals surface area (Å²) in [5.41, 5.74) is 0.915. The number of rotatable bonds is 4. The first-order chi connectivity index (χ1) is 7.97. The van der Waals surface area contributed by atoms with E-state index in [9.17, 15) is 13.6 Å². The van der Waals surface area contributed by atoms with Gasteiger partial charge in [0, 0.05) is 10.0 Å². The lowest BCUT2D eigenvalue weighted by molar-refractivity contribution is 0.0890. The van der Waals surface area contributed by atoms with Crippen molar-refractivity contribution in [1.29, 1.82) is 0 Å². The molecule has 17 heavy (non-hydrogen) atoms. The third-order valence-electron chi connectivity index (χ3n) is 2.23. The molecule has 0 aliphatic carbocycles. The number of amides is 1. The number of ether oxygens (including phenoxy) is 1. The summed E-state index contributed by atoms with van der Waals surface area (Å²) in [6.45, 7) is 1.03. The third-order valence-corrected chi connectivity index (χ3v) is 2.89. The topological polar surface area (TPSA) is 38.3 Å². The first-order valence-electron chi connectivity index (χ1n) is 4.86. The normalized spacial score (nSPS) is 10.5. The van der Waals surface area contributed by atoms with E-state index in [0.29, 0.717) is 21.3 Å². The van der Waals surface area contributed by atoms with Crippen molar-refractivity contribution in [2.45, 2.75) is 13.3 Å². The van der Waals surface area contributed by atoms with Gasteiger partial charge in [0.1, 0.15) is 5.75 Å². The zero-order valence-corrected chi connectivity index (χ0v) is 11.0. The first-order valence-corrected chi connectivity index (χ1v) is 5.66. The van der Waals surface area contributed by atoms with Crippen molar-refractivity contribution in [3.63, 3.8) is 0 Å². The van der Waals surface area contributed by atoms with E-state index >= 15 is 0 Å². The maximum atomic E-state index is 12.0. The van der Waals surface area contributed by atoms with Gasteiger partial charge in [-0.3, -0.25) is 4.79 Å². The quantitative estimate of drug-likeness (QED) is 0.929. The van der Waals surface area contributed by atoms with E-state index < -0.39 is 18.9 Å². The average Bonchev–Trinajstić information content (AvgIpc) is 2.26. The Labute approximate surface area is 106 Å². The van der Waals surface area contributed by atoms with Crippen LogP contribution in [0.4, 0.5) is 8.78 Å². The fourth-order valence-electron chi connectivity index (χ4n) is 1.42. The van der Waals surface area contributed by atoms with Crippen molar-refractivity contribution in [2.24, 2.45) is 0 Å². The number of hydrogen-bond donors (Lipinski definition) is 1. The van der Waals surface area contributed by atoms with Gasteiger partial charge in [0.25, 0.3) is 12.3 Å². The van der Waals surface area contributed by atoms with E-state index in [1.165, 1.54) is 7.11 Å². The Morgan fingerprint density at radius 2 is 2.18 bits per heavy atom. The van der Waals surface area contributed by atoms with Crippen LogP contribution < -0.4 is 10.1 Å². The van der Waals surface area contributed by atoms with Crippen LogP contribution in [-0.4, -0.2) is 26.0 Å². The molecule has 1 aromatic carbocycles. The maximum absolute atomic E-state index is 12.0. The molecule has 0 unspecified atom stereocenters. The van der Waals surface area contributed by atoms with Crippen molar-refractivity contribution in [3.8, 4) is 5.75 Å². The van der Waals surface area contributed by atoms with Crippen molar-refractivity contribution in [1.82, 2.24) is 5.32 Å². The summed E-state index contributed by atoms with van der Waals surface area (Å²) in [6.07, 6.45) is -2.57. The molecule has 0 heterocycles. The number of alkyl halides is 2. The molecule has 1 rings (SSSR count). The summed E-state index contributed by atoms with van der Waals surface area (Å²) in [5, 5.41) is 2.16. The van der Waals surface area contributed by atoms with Crippen LogP contribution in [0.3, 0.4) is 0 Å². The lowest BCUT2D eigenvalue weighted by Gasteiger charge is -2.12. The van der Waals surface area contributed by atoms with Crippen LogP contribution in [0.1, 0.15) is 15.9 Å². The molecular formula is C11H12BrF2NO2. The molecule has 0 saturated carbocycles. The van der Waals surface area contributed by atoms with Crippen molar-refractivity contribution in [2.75, 3.05) is 13.7 Å². The minimum Gasteiger partial charge on any atom is -0.496 e. The predicted octanol–water partition coefficient (Wildman–Crippen LogP) is 2.76. The zero-order chi connectivity index (χ0) is 13.0. The monoisotopic (exact) mass is 307 g/mol. The highest BCUT2D eigenvalue weighted by molar-refractivity contribution is 9.10. The highest BCUT2D eigenvalue weighted by atomic mass is 79.9. The number of halogens is 3. The molecule has 6 heteroatoms. The molecular weight excluding hydrogens is 296 g/mol. The predicted molar refractivity (Wildman–Crippen MR) is 63.8 cm³/mol. The van der Waals surface area contributed by atoms with Gasteiger partial charge in [0.2, 0.25) is 0 Å². The molecule has 0 aliphatic heterocycles. The molecule has 1 N–H and O–H groups in total. The molecule has 3 nitrogen and oxygen atoms in total. The molecule has 1 amide bonds. The van der Waals surface area contributed by atoms with Crippen molar-refractivity contribution >= 4 is 21.8 Å². The van der Waals surface area contributed by atoms with Gasteiger partial charge in [0.15, 0.2) is 0 Å². The average molecular weight is 308 g/mol. The van der Waals surface area contributed by atoms with Crippen LogP contribution in [0.15, 0.2) is 16.6 Å². The Morgan fingerprint density at radius 3 is 2.71 bits per heavy atom. The van der Waals surface area contributed by atoms with E-state index in [4.69, 9.17) is 4.74 Å². The van der Waals surface area contributed by atoms with E-state index in [1.807, 2.05) is 0 Å². The Morgan fingerprint density at radius 1 is 1.53 bits per heavy atom. The number of carbonyl (C=O) groups excluding carboxylic acids is 1. The van der Waals surface area contributed by atoms with Crippen LogP contribution in [0.2, 0.25) is 0 Å². The van der Waals surface area contributed by atoms with E-state index in [1.54, 1.807) is 19.1 Å². The van der Waals surface area contributed by atoms with Crippen LogP contribution in [-0.2, 0) is 0 Å². The van der Waals surface area contributed by atoms with Gasteiger partial charge in [-0.05, 0) is 35.0 Å². The van der Waals surface area contributed by atoms with Crippen LogP contribution in [0.25, 0.3) is 0 Å². The minimum atomic E-state index is -2.57. The Hall–Kier alpha value is -1.17. The molecule has 0 atom stereocenters. The third kappa shape index (κ3) is 3.39. The molecule has 94 valence electrons.